The number of aryl methyl sites for hydroxylation is 1. The van der Waals surface area contributed by atoms with Crippen LogP contribution in [0.25, 0.3) is 11.1 Å². The Labute approximate surface area is 141 Å². The van der Waals surface area contributed by atoms with E-state index >= 15 is 0 Å². The summed E-state index contributed by atoms with van der Waals surface area (Å²) >= 11 is 0. The summed E-state index contributed by atoms with van der Waals surface area (Å²) in [6.45, 7) is 13.4. The van der Waals surface area contributed by atoms with Crippen molar-refractivity contribution in [3.63, 3.8) is 0 Å². The van der Waals surface area contributed by atoms with E-state index in [4.69, 9.17) is 0 Å². The second-order valence-electron chi connectivity index (χ2n) is 7.07. The zero-order valence-electron chi connectivity index (χ0n) is 15.4. The van der Waals surface area contributed by atoms with E-state index in [2.05, 4.69) is 71.9 Å². The van der Waals surface area contributed by atoms with E-state index in [-0.39, 0.29) is 6.61 Å². The van der Waals surface area contributed by atoms with E-state index < -0.39 is 0 Å². The van der Waals surface area contributed by atoms with Gasteiger partial charge in [-0.15, -0.1) is 0 Å². The van der Waals surface area contributed by atoms with Gasteiger partial charge >= 0.3 is 0 Å². The minimum atomic E-state index is 0.0993. The van der Waals surface area contributed by atoms with Crippen molar-refractivity contribution in [2.45, 2.75) is 66.4 Å². The minimum absolute atomic E-state index is 0.0993. The Morgan fingerprint density at radius 2 is 1.39 bits per heavy atom. The molecule has 2 rings (SSSR count). The van der Waals surface area contributed by atoms with Crippen molar-refractivity contribution in [2.75, 3.05) is 0 Å². The second kappa shape index (κ2) is 7.31. The fourth-order valence-corrected chi connectivity index (χ4v) is 3.46. The van der Waals surface area contributed by atoms with Crippen LogP contribution in [0.2, 0.25) is 0 Å². The molecule has 124 valence electrons. The lowest BCUT2D eigenvalue weighted by atomic mass is 9.80. The molecule has 0 heterocycles. The van der Waals surface area contributed by atoms with Crippen LogP contribution in [-0.4, -0.2) is 5.11 Å². The van der Waals surface area contributed by atoms with E-state index in [1.165, 1.54) is 33.4 Å². The summed E-state index contributed by atoms with van der Waals surface area (Å²) in [5.41, 5.74) is 8.93. The summed E-state index contributed by atoms with van der Waals surface area (Å²) in [5.74, 6) is 0.893. The number of aliphatic hydroxyl groups excluding tert-OH is 1. The van der Waals surface area contributed by atoms with E-state index in [1.807, 2.05) is 0 Å². The molecule has 23 heavy (non-hydrogen) atoms. The van der Waals surface area contributed by atoms with Crippen molar-refractivity contribution >= 4 is 0 Å². The van der Waals surface area contributed by atoms with Gasteiger partial charge in [0.2, 0.25) is 0 Å². The normalized spacial score (nSPS) is 11.5. The van der Waals surface area contributed by atoms with Crippen LogP contribution in [0.4, 0.5) is 0 Å². The van der Waals surface area contributed by atoms with E-state index in [1.54, 1.807) is 0 Å². The Kier molecular flexibility index (Phi) is 5.64. The first-order chi connectivity index (χ1) is 10.9. The molecule has 0 radical (unpaired) electrons. The molecular weight excluding hydrogens is 280 g/mol. The summed E-state index contributed by atoms with van der Waals surface area (Å²) in [6.07, 6.45) is 0.988. The number of hydrogen-bond acceptors (Lipinski definition) is 1. The lowest BCUT2D eigenvalue weighted by Gasteiger charge is -2.25. The minimum Gasteiger partial charge on any atom is -0.392 e. The number of benzene rings is 2. The molecule has 0 fully saturated rings. The summed E-state index contributed by atoms with van der Waals surface area (Å²) in [7, 11) is 0. The average molecular weight is 310 g/mol. The first-order valence-corrected chi connectivity index (χ1v) is 8.77. The fourth-order valence-electron chi connectivity index (χ4n) is 3.46. The Morgan fingerprint density at radius 3 is 1.83 bits per heavy atom. The molecule has 0 saturated carbocycles. The molecule has 2 aromatic rings. The largest absolute Gasteiger partial charge is 0.392 e. The van der Waals surface area contributed by atoms with Crippen LogP contribution in [0.5, 0.6) is 0 Å². The SMILES string of the molecule is CCc1c(C(C)C)cc(C(C)C)c(CO)c1-c1ccc(C)cc1. The van der Waals surface area contributed by atoms with Crippen LogP contribution >= 0.6 is 0 Å². The molecule has 0 spiro atoms. The zero-order chi connectivity index (χ0) is 17.1. The van der Waals surface area contributed by atoms with Gasteiger partial charge in [0, 0.05) is 0 Å². The third-order valence-corrected chi connectivity index (χ3v) is 4.71. The summed E-state index contributed by atoms with van der Waals surface area (Å²) < 4.78 is 0. The molecule has 0 bridgehead atoms. The zero-order valence-corrected chi connectivity index (χ0v) is 15.4. The van der Waals surface area contributed by atoms with Crippen LogP contribution in [0.1, 0.15) is 74.3 Å². The van der Waals surface area contributed by atoms with Crippen LogP contribution in [0, 0.1) is 6.92 Å². The first-order valence-electron chi connectivity index (χ1n) is 8.77. The second-order valence-corrected chi connectivity index (χ2v) is 7.07. The standard InChI is InChI=1S/C22H30O/c1-7-18-19(14(2)3)12-20(15(4)5)21(13-23)22(18)17-10-8-16(6)9-11-17/h8-12,14-15,23H,7,13H2,1-6H3. The average Bonchev–Trinajstić information content (AvgIpc) is 2.53. The molecule has 0 aromatic heterocycles. The Hall–Kier alpha value is -1.60. The van der Waals surface area contributed by atoms with Crippen LogP contribution in [-0.2, 0) is 13.0 Å². The third-order valence-electron chi connectivity index (χ3n) is 4.71. The monoisotopic (exact) mass is 310 g/mol. The van der Waals surface area contributed by atoms with Gasteiger partial charge in [0.05, 0.1) is 6.61 Å². The van der Waals surface area contributed by atoms with Crippen LogP contribution in [0.3, 0.4) is 0 Å². The van der Waals surface area contributed by atoms with Crippen molar-refractivity contribution in [3.05, 3.63) is 58.1 Å². The van der Waals surface area contributed by atoms with Crippen molar-refractivity contribution in [1.82, 2.24) is 0 Å². The molecule has 0 aliphatic rings. The molecule has 1 nitrogen and oxygen atoms in total. The van der Waals surface area contributed by atoms with Crippen molar-refractivity contribution < 1.29 is 5.11 Å². The van der Waals surface area contributed by atoms with Gasteiger partial charge in [0.25, 0.3) is 0 Å². The van der Waals surface area contributed by atoms with Gasteiger partial charge in [0.1, 0.15) is 0 Å². The van der Waals surface area contributed by atoms with Gasteiger partial charge in [-0.25, -0.2) is 0 Å². The smallest absolute Gasteiger partial charge is 0.0690 e. The van der Waals surface area contributed by atoms with Crippen molar-refractivity contribution in [3.8, 4) is 11.1 Å². The Morgan fingerprint density at radius 1 is 0.870 bits per heavy atom. The Bertz CT molecular complexity index is 629. The van der Waals surface area contributed by atoms with Gasteiger partial charge in [0.15, 0.2) is 0 Å². The van der Waals surface area contributed by atoms with Gasteiger partial charge in [-0.2, -0.15) is 0 Å². The molecular formula is C22H30O. The highest BCUT2D eigenvalue weighted by Crippen LogP contribution is 2.38. The van der Waals surface area contributed by atoms with Crippen LogP contribution < -0.4 is 0 Å². The highest BCUT2D eigenvalue weighted by molar-refractivity contribution is 5.75. The van der Waals surface area contributed by atoms with Gasteiger partial charge in [-0.3, -0.25) is 0 Å². The summed E-state index contributed by atoms with van der Waals surface area (Å²) in [6, 6.07) is 11.0. The molecule has 0 amide bonds. The molecule has 0 unspecified atom stereocenters. The first kappa shape index (κ1) is 17.7. The maximum Gasteiger partial charge on any atom is 0.0690 e. The fraction of sp³-hybridized carbons (Fsp3) is 0.455. The van der Waals surface area contributed by atoms with Crippen molar-refractivity contribution in [1.29, 1.82) is 0 Å². The summed E-state index contributed by atoms with van der Waals surface area (Å²) in [4.78, 5) is 0. The van der Waals surface area contributed by atoms with Crippen molar-refractivity contribution in [2.24, 2.45) is 0 Å². The molecule has 2 aromatic carbocycles. The van der Waals surface area contributed by atoms with Gasteiger partial charge in [-0.1, -0.05) is 70.5 Å². The number of hydrogen-bond donors (Lipinski definition) is 1. The van der Waals surface area contributed by atoms with Gasteiger partial charge in [-0.05, 0) is 58.6 Å². The predicted molar refractivity (Wildman–Crippen MR) is 100 cm³/mol. The molecule has 1 heteroatoms. The highest BCUT2D eigenvalue weighted by Gasteiger charge is 2.20. The third kappa shape index (κ3) is 3.50. The maximum absolute atomic E-state index is 10.1. The van der Waals surface area contributed by atoms with Crippen LogP contribution in [0.15, 0.2) is 30.3 Å². The van der Waals surface area contributed by atoms with E-state index in [0.29, 0.717) is 11.8 Å². The molecule has 0 atom stereocenters. The quantitative estimate of drug-likeness (QED) is 0.722. The molecule has 0 aliphatic heterocycles. The predicted octanol–water partition coefficient (Wildman–Crippen LogP) is 5.96. The van der Waals surface area contributed by atoms with E-state index in [0.717, 1.165) is 12.0 Å². The Balaban J connectivity index is 2.86. The maximum atomic E-state index is 10.1. The lowest BCUT2D eigenvalue weighted by molar-refractivity contribution is 0.280. The van der Waals surface area contributed by atoms with Gasteiger partial charge < -0.3 is 5.11 Å². The number of aliphatic hydroxyl groups is 1. The lowest BCUT2D eigenvalue weighted by Crippen LogP contribution is -2.08. The molecule has 0 saturated heterocycles. The molecule has 1 N–H and O–H groups in total. The summed E-state index contributed by atoms with van der Waals surface area (Å²) in [5, 5.41) is 10.1. The topological polar surface area (TPSA) is 20.2 Å². The molecule has 0 aliphatic carbocycles. The highest BCUT2D eigenvalue weighted by atomic mass is 16.3. The van der Waals surface area contributed by atoms with E-state index in [9.17, 15) is 5.11 Å². The number of rotatable bonds is 5.